The molecule has 0 aliphatic carbocycles. The third-order valence-electron chi connectivity index (χ3n) is 6.63. The highest BCUT2D eigenvalue weighted by Gasteiger charge is 2.19. The summed E-state index contributed by atoms with van der Waals surface area (Å²) in [7, 11) is 0. The van der Waals surface area contributed by atoms with E-state index in [-0.39, 0.29) is 0 Å². The lowest BCUT2D eigenvalue weighted by atomic mass is 10.2. The van der Waals surface area contributed by atoms with Gasteiger partial charge in [-0.3, -0.25) is 0 Å². The summed E-state index contributed by atoms with van der Waals surface area (Å²) in [4.78, 5) is 19.4. The smallest absolute Gasteiger partial charge is 0.0786 e. The molecule has 188 valence electrons. The normalized spacial score (nSPS) is 12.2. The summed E-state index contributed by atoms with van der Waals surface area (Å²) in [5.74, 6) is -2.94. The predicted molar refractivity (Wildman–Crippen MR) is 131 cm³/mol. The highest BCUT2D eigenvalue weighted by Crippen LogP contribution is 2.08. The van der Waals surface area contributed by atoms with Gasteiger partial charge in [0, 0.05) is 17.6 Å². The van der Waals surface area contributed by atoms with E-state index in [1.54, 1.807) is 0 Å². The van der Waals surface area contributed by atoms with Gasteiger partial charge in [-0.2, -0.15) is 12.6 Å². The molecular weight excluding hydrogens is 412 g/mol. The lowest BCUT2D eigenvalue weighted by molar-refractivity contribution is -0.923. The van der Waals surface area contributed by atoms with Gasteiger partial charge in [0.2, 0.25) is 0 Å². The maximum Gasteiger partial charge on any atom is 0.0786 e. The van der Waals surface area contributed by atoms with Crippen molar-refractivity contribution in [3.8, 4) is 0 Å². The van der Waals surface area contributed by atoms with Gasteiger partial charge in [0.15, 0.2) is 0 Å². The fraction of sp³-hybridized carbons (Fsp3) is 0.917. The monoisotopic (exact) mass is 464 g/mol. The standard InChI is InChI=1S/2C10H24N.C4H6O4S/c2*1-5-9-10-11(6-2,7-3)8-4;5-3(6)1-2(9)4(7)8/h2*5-10H2,1-4H3;2,9H,1H2,(H,5,6)(H,7,8)/q2*+1;/p-2. The number of hydrogen-bond donors (Lipinski definition) is 1. The second-order valence-electron chi connectivity index (χ2n) is 8.15. The number of carboxylic acids is 2. The number of hydrogen-bond acceptors (Lipinski definition) is 5. The fourth-order valence-electron chi connectivity index (χ4n) is 3.52. The molecule has 1 atom stereocenters. The lowest BCUT2D eigenvalue weighted by Crippen LogP contribution is -2.48. The van der Waals surface area contributed by atoms with Gasteiger partial charge in [-0.15, -0.1) is 0 Å². The number of carbonyl (C=O) groups excluding carboxylic acids is 2. The first-order valence-electron chi connectivity index (χ1n) is 12.3. The summed E-state index contributed by atoms with van der Waals surface area (Å²) in [6.45, 7) is 28.9. The van der Waals surface area contributed by atoms with Crippen LogP contribution in [0.25, 0.3) is 0 Å². The Kier molecular flexibility index (Phi) is 23.7. The van der Waals surface area contributed by atoms with E-state index in [1.165, 1.54) is 87.0 Å². The van der Waals surface area contributed by atoms with Crippen LogP contribution in [0, 0.1) is 0 Å². The first-order chi connectivity index (χ1) is 14.5. The molecule has 7 heteroatoms. The van der Waals surface area contributed by atoms with Gasteiger partial charge in [0.05, 0.1) is 58.3 Å². The summed E-state index contributed by atoms with van der Waals surface area (Å²) in [6.07, 6.45) is 4.82. The predicted octanol–water partition coefficient (Wildman–Crippen LogP) is 2.50. The number of quaternary nitrogens is 2. The second kappa shape index (κ2) is 21.1. The highest BCUT2D eigenvalue weighted by atomic mass is 32.1. The maximum atomic E-state index is 9.76. The molecule has 0 rings (SSSR count). The van der Waals surface area contributed by atoms with Gasteiger partial charge < -0.3 is 28.8 Å². The van der Waals surface area contributed by atoms with Crippen LogP contribution in [-0.4, -0.2) is 78.5 Å². The first kappa shape index (κ1) is 34.8. The molecule has 1 unspecified atom stereocenters. The zero-order valence-electron chi connectivity index (χ0n) is 21.7. The molecule has 0 radical (unpaired) electrons. The molecule has 31 heavy (non-hydrogen) atoms. The summed E-state index contributed by atoms with van der Waals surface area (Å²) < 4.78 is 2.63. The summed E-state index contributed by atoms with van der Waals surface area (Å²) in [6, 6.07) is 0. The van der Waals surface area contributed by atoms with Gasteiger partial charge in [-0.05, 0) is 54.4 Å². The van der Waals surface area contributed by atoms with Gasteiger partial charge in [0.1, 0.15) is 0 Å². The molecule has 0 aliphatic rings. The minimum Gasteiger partial charge on any atom is -0.550 e. The van der Waals surface area contributed by atoms with Gasteiger partial charge in [-0.25, -0.2) is 0 Å². The van der Waals surface area contributed by atoms with Crippen LogP contribution in [0.15, 0.2) is 0 Å². The molecule has 0 aromatic rings. The molecule has 0 spiro atoms. The Labute approximate surface area is 198 Å². The minimum absolute atomic E-state index is 0.620. The van der Waals surface area contributed by atoms with E-state index < -0.39 is 23.6 Å². The molecule has 0 heterocycles. The molecule has 0 bridgehead atoms. The SMILES string of the molecule is CCCC[N+](CC)(CC)CC.CCCC[N+](CC)(CC)CC.O=C([O-])CC(S)C(=O)[O-]. The van der Waals surface area contributed by atoms with Crippen LogP contribution in [0.1, 0.15) is 87.5 Å². The zero-order valence-corrected chi connectivity index (χ0v) is 22.6. The van der Waals surface area contributed by atoms with Crippen molar-refractivity contribution >= 4 is 24.6 Å². The summed E-state index contributed by atoms with van der Waals surface area (Å²) in [5, 5.41) is 18.2. The van der Waals surface area contributed by atoms with Crippen LogP contribution in [0.4, 0.5) is 0 Å². The highest BCUT2D eigenvalue weighted by molar-refractivity contribution is 7.81. The Morgan fingerprint density at radius 3 is 1.10 bits per heavy atom. The molecule has 0 saturated carbocycles. The maximum absolute atomic E-state index is 9.76. The Morgan fingerprint density at radius 2 is 0.968 bits per heavy atom. The summed E-state index contributed by atoms with van der Waals surface area (Å²) in [5.41, 5.74) is 0. The number of rotatable bonds is 15. The number of unbranched alkanes of at least 4 members (excludes halogenated alkanes) is 2. The van der Waals surface area contributed by atoms with Crippen LogP contribution in [0.3, 0.4) is 0 Å². The van der Waals surface area contributed by atoms with E-state index in [4.69, 9.17) is 0 Å². The topological polar surface area (TPSA) is 80.3 Å². The average molecular weight is 465 g/mol. The Bertz CT molecular complexity index is 399. The van der Waals surface area contributed by atoms with Crippen LogP contribution < -0.4 is 10.2 Å². The van der Waals surface area contributed by atoms with Crippen molar-refractivity contribution in [2.75, 3.05) is 52.4 Å². The van der Waals surface area contributed by atoms with Crippen molar-refractivity contribution < 1.29 is 28.8 Å². The number of aliphatic carboxylic acids is 2. The van der Waals surface area contributed by atoms with Crippen LogP contribution in [-0.2, 0) is 9.59 Å². The van der Waals surface area contributed by atoms with Crippen molar-refractivity contribution in [1.29, 1.82) is 0 Å². The molecule has 0 aromatic carbocycles. The third kappa shape index (κ3) is 17.4. The number of carboxylic acid groups (broad SMARTS) is 2. The zero-order chi connectivity index (χ0) is 24.9. The van der Waals surface area contributed by atoms with Crippen molar-refractivity contribution in [3.05, 3.63) is 0 Å². The molecule has 6 nitrogen and oxygen atoms in total. The molecular formula is C24H52N2O4S. The third-order valence-corrected chi connectivity index (χ3v) is 7.02. The van der Waals surface area contributed by atoms with Gasteiger partial charge in [-0.1, -0.05) is 26.7 Å². The lowest BCUT2D eigenvalue weighted by Gasteiger charge is -2.35. The minimum atomic E-state index is -1.50. The Hall–Kier alpha value is -0.790. The quantitative estimate of drug-likeness (QED) is 0.298. The largest absolute Gasteiger partial charge is 0.550 e. The number of carbonyl (C=O) groups is 2. The van der Waals surface area contributed by atoms with E-state index in [9.17, 15) is 19.8 Å². The van der Waals surface area contributed by atoms with E-state index in [1.807, 2.05) is 0 Å². The first-order valence-corrected chi connectivity index (χ1v) is 12.8. The van der Waals surface area contributed by atoms with E-state index in [0.29, 0.717) is 0 Å². The molecule has 0 aliphatic heterocycles. The van der Waals surface area contributed by atoms with Crippen molar-refractivity contribution in [3.63, 3.8) is 0 Å². The number of thiol groups is 1. The molecule has 0 fully saturated rings. The van der Waals surface area contributed by atoms with E-state index in [2.05, 4.69) is 68.0 Å². The molecule has 0 amide bonds. The Balaban J connectivity index is -0.000000382. The van der Waals surface area contributed by atoms with Gasteiger partial charge >= 0.3 is 0 Å². The summed E-state index contributed by atoms with van der Waals surface area (Å²) >= 11 is 3.38. The second-order valence-corrected chi connectivity index (χ2v) is 8.77. The van der Waals surface area contributed by atoms with Crippen molar-refractivity contribution in [2.24, 2.45) is 0 Å². The molecule has 0 aromatic heterocycles. The van der Waals surface area contributed by atoms with Crippen LogP contribution >= 0.6 is 12.6 Å². The molecule has 0 N–H and O–H groups in total. The molecule has 0 saturated heterocycles. The van der Waals surface area contributed by atoms with Gasteiger partial charge in [0.25, 0.3) is 0 Å². The van der Waals surface area contributed by atoms with E-state index >= 15 is 0 Å². The fourth-order valence-corrected chi connectivity index (χ4v) is 3.67. The van der Waals surface area contributed by atoms with Crippen molar-refractivity contribution in [2.45, 2.75) is 92.7 Å². The van der Waals surface area contributed by atoms with Crippen molar-refractivity contribution in [1.82, 2.24) is 0 Å². The number of nitrogens with zero attached hydrogens (tertiary/aromatic N) is 2. The van der Waals surface area contributed by atoms with Crippen LogP contribution in [0.5, 0.6) is 0 Å². The van der Waals surface area contributed by atoms with E-state index in [0.717, 1.165) is 0 Å². The van der Waals surface area contributed by atoms with Crippen LogP contribution in [0.2, 0.25) is 0 Å². The average Bonchev–Trinajstić information content (AvgIpc) is 2.77. The Morgan fingerprint density at radius 1 is 0.677 bits per heavy atom.